The largest absolute Gasteiger partial charge is 0.393 e. The molecule has 3 unspecified atom stereocenters. The minimum absolute atomic E-state index is 0.100. The molecule has 0 saturated heterocycles. The van der Waals surface area contributed by atoms with Crippen LogP contribution in [0.5, 0.6) is 0 Å². The highest BCUT2D eigenvalue weighted by molar-refractivity contribution is 5.22. The molecule has 0 bridgehead atoms. The van der Waals surface area contributed by atoms with Crippen LogP contribution >= 0.6 is 0 Å². The summed E-state index contributed by atoms with van der Waals surface area (Å²) in [6, 6.07) is 7.25. The molecule has 19 heavy (non-hydrogen) atoms. The highest BCUT2D eigenvalue weighted by Crippen LogP contribution is 2.41. The van der Waals surface area contributed by atoms with E-state index in [-0.39, 0.29) is 11.9 Å². The maximum absolute atomic E-state index is 13.0. The zero-order valence-corrected chi connectivity index (χ0v) is 11.2. The number of halogens is 1. The van der Waals surface area contributed by atoms with Crippen molar-refractivity contribution in [1.82, 2.24) is 5.32 Å². The van der Waals surface area contributed by atoms with Crippen molar-refractivity contribution >= 4 is 0 Å². The van der Waals surface area contributed by atoms with Gasteiger partial charge in [0.2, 0.25) is 0 Å². The lowest BCUT2D eigenvalue weighted by atomic mass is 10.0. The fourth-order valence-corrected chi connectivity index (χ4v) is 3.18. The molecule has 0 aromatic heterocycles. The second-order valence-corrected chi connectivity index (χ2v) is 6.11. The Morgan fingerprint density at radius 2 is 1.89 bits per heavy atom. The number of hydrogen-bond acceptors (Lipinski definition) is 2. The first kappa shape index (κ1) is 13.1. The van der Waals surface area contributed by atoms with E-state index < -0.39 is 0 Å². The summed E-state index contributed by atoms with van der Waals surface area (Å²) in [7, 11) is 0. The molecule has 3 atom stereocenters. The average molecular weight is 263 g/mol. The van der Waals surface area contributed by atoms with E-state index in [9.17, 15) is 9.50 Å². The van der Waals surface area contributed by atoms with Gasteiger partial charge in [-0.1, -0.05) is 12.1 Å². The van der Waals surface area contributed by atoms with Crippen molar-refractivity contribution in [3.8, 4) is 0 Å². The molecule has 2 N–H and O–H groups in total. The summed E-state index contributed by atoms with van der Waals surface area (Å²) in [4.78, 5) is 0. The van der Waals surface area contributed by atoms with Crippen LogP contribution in [0.4, 0.5) is 4.39 Å². The molecule has 1 aromatic carbocycles. The van der Waals surface area contributed by atoms with Crippen LogP contribution in [-0.2, 0) is 0 Å². The van der Waals surface area contributed by atoms with E-state index in [4.69, 9.17) is 0 Å². The molecule has 2 fully saturated rings. The van der Waals surface area contributed by atoms with Crippen LogP contribution in [0.3, 0.4) is 0 Å². The van der Waals surface area contributed by atoms with Crippen molar-refractivity contribution in [2.75, 3.05) is 6.54 Å². The molecule has 2 aliphatic rings. The molecular formula is C16H22FNO. The van der Waals surface area contributed by atoms with E-state index >= 15 is 0 Å². The quantitative estimate of drug-likeness (QED) is 0.856. The fraction of sp³-hybridized carbons (Fsp3) is 0.625. The van der Waals surface area contributed by atoms with Crippen LogP contribution in [0, 0.1) is 17.7 Å². The molecule has 0 aliphatic heterocycles. The van der Waals surface area contributed by atoms with E-state index in [1.807, 2.05) is 12.1 Å². The summed E-state index contributed by atoms with van der Waals surface area (Å²) in [5.74, 6) is 1.13. The minimum atomic E-state index is -0.169. The predicted molar refractivity (Wildman–Crippen MR) is 73.2 cm³/mol. The van der Waals surface area contributed by atoms with E-state index in [1.54, 1.807) is 12.1 Å². The summed E-state index contributed by atoms with van der Waals surface area (Å²) in [5.41, 5.74) is 1.20. The highest BCUT2D eigenvalue weighted by atomic mass is 19.1. The third kappa shape index (κ3) is 3.34. The van der Waals surface area contributed by atoms with E-state index in [1.165, 1.54) is 18.4 Å². The van der Waals surface area contributed by atoms with Crippen molar-refractivity contribution < 1.29 is 9.50 Å². The first-order valence-corrected chi connectivity index (χ1v) is 7.39. The SMILES string of the molecule is OC1CCC(CNC(c2ccc(F)cc2)C2CC2)C1. The molecule has 0 spiro atoms. The van der Waals surface area contributed by atoms with Gasteiger partial charge in [0.05, 0.1) is 6.10 Å². The van der Waals surface area contributed by atoms with Crippen molar-refractivity contribution in [2.45, 2.75) is 44.2 Å². The first-order chi connectivity index (χ1) is 9.22. The van der Waals surface area contributed by atoms with Crippen LogP contribution in [0.15, 0.2) is 24.3 Å². The van der Waals surface area contributed by atoms with Crippen LogP contribution in [0.1, 0.15) is 43.7 Å². The van der Waals surface area contributed by atoms with Gasteiger partial charge in [0.1, 0.15) is 5.82 Å². The number of hydrogen-bond donors (Lipinski definition) is 2. The lowest BCUT2D eigenvalue weighted by molar-refractivity contribution is 0.177. The topological polar surface area (TPSA) is 32.3 Å². The molecule has 1 aromatic rings. The third-order valence-corrected chi connectivity index (χ3v) is 4.46. The van der Waals surface area contributed by atoms with Crippen molar-refractivity contribution in [3.63, 3.8) is 0 Å². The Labute approximate surface area is 114 Å². The normalized spacial score (nSPS) is 28.5. The number of aliphatic hydroxyl groups is 1. The second-order valence-electron chi connectivity index (χ2n) is 6.11. The first-order valence-electron chi connectivity index (χ1n) is 7.39. The summed E-state index contributed by atoms with van der Waals surface area (Å²) < 4.78 is 13.0. The van der Waals surface area contributed by atoms with Gasteiger partial charge in [-0.05, 0) is 68.2 Å². The van der Waals surface area contributed by atoms with E-state index in [2.05, 4.69) is 5.32 Å². The van der Waals surface area contributed by atoms with Gasteiger partial charge in [0, 0.05) is 6.04 Å². The molecular weight excluding hydrogens is 241 g/mol. The van der Waals surface area contributed by atoms with E-state index in [0.717, 1.165) is 25.8 Å². The van der Waals surface area contributed by atoms with Gasteiger partial charge < -0.3 is 10.4 Å². The van der Waals surface area contributed by atoms with Gasteiger partial charge in [-0.15, -0.1) is 0 Å². The Kier molecular flexibility index (Phi) is 3.85. The Balaban J connectivity index is 1.60. The molecule has 2 saturated carbocycles. The van der Waals surface area contributed by atoms with Crippen molar-refractivity contribution in [2.24, 2.45) is 11.8 Å². The Morgan fingerprint density at radius 1 is 1.16 bits per heavy atom. The van der Waals surface area contributed by atoms with E-state index in [0.29, 0.717) is 17.9 Å². The van der Waals surface area contributed by atoms with Crippen LogP contribution < -0.4 is 5.32 Å². The molecule has 0 heterocycles. The van der Waals surface area contributed by atoms with Crippen LogP contribution in [0.25, 0.3) is 0 Å². The lowest BCUT2D eigenvalue weighted by Gasteiger charge is -2.21. The Bertz CT molecular complexity index is 415. The van der Waals surface area contributed by atoms with Crippen molar-refractivity contribution in [3.05, 3.63) is 35.6 Å². The molecule has 2 aliphatic carbocycles. The summed E-state index contributed by atoms with van der Waals surface area (Å²) in [6.45, 7) is 0.968. The molecule has 0 radical (unpaired) electrons. The number of benzene rings is 1. The summed E-state index contributed by atoms with van der Waals surface area (Å²) >= 11 is 0. The minimum Gasteiger partial charge on any atom is -0.393 e. The Hall–Kier alpha value is -0.930. The highest BCUT2D eigenvalue weighted by Gasteiger charge is 2.33. The van der Waals surface area contributed by atoms with Gasteiger partial charge in [0.25, 0.3) is 0 Å². The van der Waals surface area contributed by atoms with Crippen molar-refractivity contribution in [1.29, 1.82) is 0 Å². The van der Waals surface area contributed by atoms with Crippen LogP contribution in [0.2, 0.25) is 0 Å². The second kappa shape index (κ2) is 5.59. The van der Waals surface area contributed by atoms with Gasteiger partial charge in [-0.25, -0.2) is 4.39 Å². The zero-order chi connectivity index (χ0) is 13.2. The molecule has 3 heteroatoms. The van der Waals surface area contributed by atoms with Gasteiger partial charge in [0.15, 0.2) is 0 Å². The number of rotatable bonds is 5. The smallest absolute Gasteiger partial charge is 0.123 e. The third-order valence-electron chi connectivity index (χ3n) is 4.46. The standard InChI is InChI=1S/C16H22FNO/c17-14-6-4-13(5-7-14)16(12-2-3-12)18-10-11-1-8-15(19)9-11/h4-7,11-12,15-16,18-19H,1-3,8-10H2. The molecule has 2 nitrogen and oxygen atoms in total. The zero-order valence-electron chi connectivity index (χ0n) is 11.2. The predicted octanol–water partition coefficient (Wildman–Crippen LogP) is 3.03. The van der Waals surface area contributed by atoms with Gasteiger partial charge in [-0.3, -0.25) is 0 Å². The monoisotopic (exact) mass is 263 g/mol. The maximum atomic E-state index is 13.0. The number of aliphatic hydroxyl groups excluding tert-OH is 1. The number of nitrogens with one attached hydrogen (secondary N) is 1. The maximum Gasteiger partial charge on any atom is 0.123 e. The summed E-state index contributed by atoms with van der Waals surface area (Å²) in [6.07, 6.45) is 5.42. The van der Waals surface area contributed by atoms with Gasteiger partial charge in [-0.2, -0.15) is 0 Å². The summed E-state index contributed by atoms with van der Waals surface area (Å²) in [5, 5.41) is 13.2. The molecule has 104 valence electrons. The van der Waals surface area contributed by atoms with Crippen LogP contribution in [-0.4, -0.2) is 17.8 Å². The fourth-order valence-electron chi connectivity index (χ4n) is 3.18. The average Bonchev–Trinajstić information content (AvgIpc) is 3.15. The lowest BCUT2D eigenvalue weighted by Crippen LogP contribution is -2.28. The Morgan fingerprint density at radius 3 is 2.47 bits per heavy atom. The molecule has 3 rings (SSSR count). The van der Waals surface area contributed by atoms with Gasteiger partial charge >= 0.3 is 0 Å². The molecule has 0 amide bonds.